The third-order valence-electron chi connectivity index (χ3n) is 2.65. The lowest BCUT2D eigenvalue weighted by Gasteiger charge is -2.17. The van der Waals surface area contributed by atoms with Crippen LogP contribution in [0.1, 0.15) is 19.4 Å². The summed E-state index contributed by atoms with van der Waals surface area (Å²) in [7, 11) is 0. The molecule has 2 aromatic rings. The fourth-order valence-corrected chi connectivity index (χ4v) is 2.15. The van der Waals surface area contributed by atoms with Crippen LogP contribution in [0.2, 0.25) is 5.02 Å². The van der Waals surface area contributed by atoms with Crippen LogP contribution in [-0.4, -0.2) is 15.7 Å². The van der Waals surface area contributed by atoms with Gasteiger partial charge in [0.1, 0.15) is 0 Å². The number of hydrogen-bond donors (Lipinski definition) is 1. The van der Waals surface area contributed by atoms with Gasteiger partial charge >= 0.3 is 6.18 Å². The third kappa shape index (κ3) is 2.53. The summed E-state index contributed by atoms with van der Waals surface area (Å²) in [5, 5.41) is 0.468. The van der Waals surface area contributed by atoms with Crippen LogP contribution in [0.3, 0.4) is 0 Å². The summed E-state index contributed by atoms with van der Waals surface area (Å²) >= 11 is 5.80. The largest absolute Gasteiger partial charge is 0.391 e. The first-order chi connectivity index (χ1) is 8.28. The lowest BCUT2D eigenvalue weighted by Crippen LogP contribution is -2.17. The van der Waals surface area contributed by atoms with Gasteiger partial charge in [0.25, 0.3) is 0 Å². The average molecular weight is 278 g/mol. The number of anilines is 1. The molecule has 2 N–H and O–H groups in total. The first-order valence-electron chi connectivity index (χ1n) is 5.27. The molecule has 98 valence electrons. The minimum atomic E-state index is -4.24. The molecule has 0 spiro atoms. The Morgan fingerprint density at radius 2 is 2.11 bits per heavy atom. The van der Waals surface area contributed by atoms with E-state index in [2.05, 4.69) is 4.98 Å². The fourth-order valence-electron chi connectivity index (χ4n) is 1.98. The van der Waals surface area contributed by atoms with Crippen molar-refractivity contribution in [1.29, 1.82) is 0 Å². The Morgan fingerprint density at radius 3 is 2.72 bits per heavy atom. The van der Waals surface area contributed by atoms with Crippen molar-refractivity contribution < 1.29 is 13.2 Å². The number of benzene rings is 1. The lowest BCUT2D eigenvalue weighted by molar-refractivity contribution is -0.141. The van der Waals surface area contributed by atoms with Gasteiger partial charge in [0.05, 0.1) is 17.5 Å². The molecule has 3 nitrogen and oxygen atoms in total. The predicted molar refractivity (Wildman–Crippen MR) is 64.5 cm³/mol. The van der Waals surface area contributed by atoms with Gasteiger partial charge in [-0.25, -0.2) is 4.98 Å². The first-order valence-corrected chi connectivity index (χ1v) is 5.65. The van der Waals surface area contributed by atoms with Crippen LogP contribution < -0.4 is 5.73 Å². The summed E-state index contributed by atoms with van der Waals surface area (Å²) < 4.78 is 38.6. The second-order valence-corrected chi connectivity index (χ2v) is 4.58. The maximum absolute atomic E-state index is 12.4. The number of halogens is 4. The Bertz CT molecular complexity index is 577. The SMILES string of the molecule is CC(CC(F)(F)F)n1c(N)nc2cc(Cl)ccc21. The molecule has 2 rings (SSSR count). The lowest BCUT2D eigenvalue weighted by atomic mass is 10.2. The number of nitrogens with zero attached hydrogens (tertiary/aromatic N) is 2. The van der Waals surface area contributed by atoms with E-state index in [1.807, 2.05) is 0 Å². The molecule has 1 unspecified atom stereocenters. The van der Waals surface area contributed by atoms with E-state index < -0.39 is 18.6 Å². The number of fused-ring (bicyclic) bond motifs is 1. The monoisotopic (exact) mass is 277 g/mol. The Hall–Kier alpha value is -1.43. The van der Waals surface area contributed by atoms with Gasteiger partial charge in [0.2, 0.25) is 5.95 Å². The van der Waals surface area contributed by atoms with Crippen LogP contribution in [-0.2, 0) is 0 Å². The normalized spacial score (nSPS) is 14.1. The Morgan fingerprint density at radius 1 is 1.44 bits per heavy atom. The van der Waals surface area contributed by atoms with Gasteiger partial charge in [-0.2, -0.15) is 13.2 Å². The van der Waals surface area contributed by atoms with E-state index in [0.29, 0.717) is 16.1 Å². The molecule has 0 aliphatic carbocycles. The average Bonchev–Trinajstić information content (AvgIpc) is 2.50. The van der Waals surface area contributed by atoms with Crippen molar-refractivity contribution in [1.82, 2.24) is 9.55 Å². The van der Waals surface area contributed by atoms with Crippen molar-refractivity contribution in [2.24, 2.45) is 0 Å². The number of imidazole rings is 1. The minimum absolute atomic E-state index is 0.0593. The molecular formula is C11H11ClF3N3. The van der Waals surface area contributed by atoms with Crippen LogP contribution in [0.5, 0.6) is 0 Å². The summed E-state index contributed by atoms with van der Waals surface area (Å²) in [5.74, 6) is 0.0593. The van der Waals surface area contributed by atoms with E-state index in [1.54, 1.807) is 18.2 Å². The number of rotatable bonds is 2. The second-order valence-electron chi connectivity index (χ2n) is 4.14. The molecule has 0 saturated heterocycles. The molecule has 1 heterocycles. The Labute approximate surface area is 106 Å². The van der Waals surface area contributed by atoms with Crippen molar-refractivity contribution >= 4 is 28.6 Å². The smallest absolute Gasteiger partial charge is 0.369 e. The topological polar surface area (TPSA) is 43.8 Å². The number of hydrogen-bond acceptors (Lipinski definition) is 2. The van der Waals surface area contributed by atoms with E-state index in [0.717, 1.165) is 0 Å². The molecule has 1 atom stereocenters. The molecule has 0 bridgehead atoms. The number of nitrogens with two attached hydrogens (primary N) is 1. The van der Waals surface area contributed by atoms with Crippen LogP contribution in [0.15, 0.2) is 18.2 Å². The molecule has 0 saturated carbocycles. The molecular weight excluding hydrogens is 267 g/mol. The molecule has 0 radical (unpaired) electrons. The summed E-state index contributed by atoms with van der Waals surface area (Å²) in [4.78, 5) is 4.01. The summed E-state index contributed by atoms with van der Waals surface area (Å²) in [6.45, 7) is 1.46. The molecule has 0 aliphatic rings. The highest BCUT2D eigenvalue weighted by molar-refractivity contribution is 6.31. The van der Waals surface area contributed by atoms with Gasteiger partial charge in [0.15, 0.2) is 0 Å². The minimum Gasteiger partial charge on any atom is -0.369 e. The maximum atomic E-state index is 12.4. The summed E-state index contributed by atoms with van der Waals surface area (Å²) in [6, 6.07) is 3.98. The van der Waals surface area contributed by atoms with Crippen molar-refractivity contribution in [3.05, 3.63) is 23.2 Å². The second kappa shape index (κ2) is 4.35. The van der Waals surface area contributed by atoms with E-state index in [9.17, 15) is 13.2 Å². The highest BCUT2D eigenvalue weighted by Gasteiger charge is 2.31. The number of aromatic nitrogens is 2. The van der Waals surface area contributed by atoms with E-state index in [4.69, 9.17) is 17.3 Å². The van der Waals surface area contributed by atoms with Crippen LogP contribution >= 0.6 is 11.6 Å². The zero-order valence-electron chi connectivity index (χ0n) is 9.50. The van der Waals surface area contributed by atoms with Crippen molar-refractivity contribution in [2.75, 3.05) is 5.73 Å². The van der Waals surface area contributed by atoms with Gasteiger partial charge in [-0.05, 0) is 25.1 Å². The van der Waals surface area contributed by atoms with Crippen molar-refractivity contribution in [3.8, 4) is 0 Å². The van der Waals surface area contributed by atoms with Crippen molar-refractivity contribution in [3.63, 3.8) is 0 Å². The van der Waals surface area contributed by atoms with E-state index >= 15 is 0 Å². The summed E-state index contributed by atoms with van der Waals surface area (Å²) in [5.41, 5.74) is 6.71. The van der Waals surface area contributed by atoms with Gasteiger partial charge in [0, 0.05) is 11.1 Å². The van der Waals surface area contributed by atoms with Crippen LogP contribution in [0.25, 0.3) is 11.0 Å². The molecule has 0 aliphatic heterocycles. The van der Waals surface area contributed by atoms with Gasteiger partial charge < -0.3 is 10.3 Å². The van der Waals surface area contributed by atoms with Gasteiger partial charge in [-0.3, -0.25) is 0 Å². The number of alkyl halides is 3. The standard InChI is InChI=1S/C11H11ClF3N3/c1-6(5-11(13,14)15)18-9-3-2-7(12)4-8(9)17-10(18)16/h2-4,6H,5H2,1H3,(H2,16,17). The molecule has 18 heavy (non-hydrogen) atoms. The molecule has 7 heteroatoms. The quantitative estimate of drug-likeness (QED) is 0.908. The Balaban J connectivity index is 2.47. The molecule has 0 fully saturated rings. The highest BCUT2D eigenvalue weighted by Crippen LogP contribution is 2.32. The van der Waals surface area contributed by atoms with Crippen LogP contribution in [0.4, 0.5) is 19.1 Å². The first kappa shape index (κ1) is 13.0. The van der Waals surface area contributed by atoms with Gasteiger partial charge in [-0.1, -0.05) is 11.6 Å². The van der Waals surface area contributed by atoms with Crippen LogP contribution in [0, 0.1) is 0 Å². The summed E-state index contributed by atoms with van der Waals surface area (Å²) in [6.07, 6.45) is -5.19. The molecule has 1 aromatic heterocycles. The van der Waals surface area contributed by atoms with Crippen molar-refractivity contribution in [2.45, 2.75) is 25.6 Å². The zero-order chi connectivity index (χ0) is 13.5. The third-order valence-corrected chi connectivity index (χ3v) is 2.88. The maximum Gasteiger partial charge on any atom is 0.391 e. The molecule has 1 aromatic carbocycles. The van der Waals surface area contributed by atoms with E-state index in [1.165, 1.54) is 11.5 Å². The predicted octanol–water partition coefficient (Wildman–Crippen LogP) is 3.79. The highest BCUT2D eigenvalue weighted by atomic mass is 35.5. The molecule has 0 amide bonds. The van der Waals surface area contributed by atoms with E-state index in [-0.39, 0.29) is 5.95 Å². The Kier molecular flexibility index (Phi) is 3.14. The van der Waals surface area contributed by atoms with Gasteiger partial charge in [-0.15, -0.1) is 0 Å². The number of nitrogen functional groups attached to an aromatic ring is 1. The fraction of sp³-hybridized carbons (Fsp3) is 0.364. The zero-order valence-corrected chi connectivity index (χ0v) is 10.3.